The zero-order valence-corrected chi connectivity index (χ0v) is 14.2. The molecule has 7 heteroatoms. The molecule has 1 unspecified atom stereocenters. The highest BCUT2D eigenvalue weighted by atomic mass is 32.1. The van der Waals surface area contributed by atoms with Gasteiger partial charge >= 0.3 is 0 Å². The van der Waals surface area contributed by atoms with Crippen LogP contribution in [-0.2, 0) is 17.8 Å². The maximum Gasteiger partial charge on any atom is 0.229 e. The Hall–Kier alpha value is -2.15. The first-order chi connectivity index (χ1) is 11.1. The first kappa shape index (κ1) is 15.7. The fraction of sp³-hybridized carbons (Fsp3) is 0.438. The summed E-state index contributed by atoms with van der Waals surface area (Å²) in [5.74, 6) is 1.37. The van der Waals surface area contributed by atoms with Crippen LogP contribution in [0.3, 0.4) is 0 Å². The van der Waals surface area contributed by atoms with Gasteiger partial charge in [-0.1, -0.05) is 16.6 Å². The minimum Gasteiger partial charge on any atom is -0.493 e. The normalized spacial score (nSPS) is 16.4. The third kappa shape index (κ3) is 3.14. The summed E-state index contributed by atoms with van der Waals surface area (Å²) in [6, 6.07) is 5.77. The first-order valence-corrected chi connectivity index (χ1v) is 8.19. The Labute approximate surface area is 139 Å². The fourth-order valence-corrected chi connectivity index (χ4v) is 3.40. The number of ether oxygens (including phenoxy) is 2. The highest BCUT2D eigenvalue weighted by Gasteiger charge is 2.30. The summed E-state index contributed by atoms with van der Waals surface area (Å²) >= 11 is 1.33. The zero-order chi connectivity index (χ0) is 16.4. The number of aryl methyl sites for hydroxylation is 1. The van der Waals surface area contributed by atoms with Gasteiger partial charge in [0.25, 0.3) is 0 Å². The molecule has 1 aromatic carbocycles. The molecule has 2 aromatic rings. The van der Waals surface area contributed by atoms with Crippen LogP contribution in [0.5, 0.6) is 11.5 Å². The number of nitrogens with zero attached hydrogens (tertiary/aromatic N) is 3. The van der Waals surface area contributed by atoms with E-state index in [2.05, 4.69) is 9.59 Å². The largest absolute Gasteiger partial charge is 0.493 e. The molecule has 0 spiro atoms. The lowest BCUT2D eigenvalue weighted by Crippen LogP contribution is -2.38. The minimum atomic E-state index is -0.180. The van der Waals surface area contributed by atoms with Crippen molar-refractivity contribution in [2.75, 3.05) is 20.8 Å². The maximum atomic E-state index is 12.7. The number of amides is 1. The van der Waals surface area contributed by atoms with Gasteiger partial charge in [-0.2, -0.15) is 0 Å². The lowest BCUT2D eigenvalue weighted by molar-refractivity contribution is -0.136. The molecule has 0 aliphatic carbocycles. The quantitative estimate of drug-likeness (QED) is 0.857. The molecule has 6 nitrogen and oxygen atoms in total. The fourth-order valence-electron chi connectivity index (χ4n) is 2.71. The van der Waals surface area contributed by atoms with Crippen LogP contribution in [0.2, 0.25) is 0 Å². The first-order valence-electron chi connectivity index (χ1n) is 7.41. The van der Waals surface area contributed by atoms with Crippen LogP contribution >= 0.6 is 11.5 Å². The van der Waals surface area contributed by atoms with Gasteiger partial charge in [0.1, 0.15) is 6.61 Å². The number of benzene rings is 1. The molecule has 0 saturated heterocycles. The van der Waals surface area contributed by atoms with Gasteiger partial charge in [-0.05, 0) is 36.5 Å². The Kier molecular flexibility index (Phi) is 4.47. The van der Waals surface area contributed by atoms with E-state index < -0.39 is 0 Å². The number of para-hydroxylation sites is 1. The third-order valence-electron chi connectivity index (χ3n) is 4.03. The number of hydrogen-bond acceptors (Lipinski definition) is 6. The molecule has 0 bridgehead atoms. The zero-order valence-electron chi connectivity index (χ0n) is 13.4. The Bertz CT molecular complexity index is 716. The second-order valence-corrected chi connectivity index (χ2v) is 6.48. The Morgan fingerprint density at radius 2 is 2.35 bits per heavy atom. The molecule has 2 heterocycles. The van der Waals surface area contributed by atoms with Crippen LogP contribution in [0.1, 0.15) is 16.1 Å². The molecule has 0 saturated carbocycles. The Morgan fingerprint density at radius 3 is 3.04 bits per heavy atom. The Morgan fingerprint density at radius 1 is 1.52 bits per heavy atom. The molecule has 3 rings (SSSR count). The molecular weight excluding hydrogens is 314 g/mol. The van der Waals surface area contributed by atoms with Crippen molar-refractivity contribution in [1.82, 2.24) is 14.5 Å². The predicted molar refractivity (Wildman–Crippen MR) is 86.8 cm³/mol. The van der Waals surface area contributed by atoms with Crippen molar-refractivity contribution in [3.8, 4) is 11.5 Å². The molecule has 1 amide bonds. The summed E-state index contributed by atoms with van der Waals surface area (Å²) in [5.41, 5.74) is 1.89. The SMILES string of the molecule is COc1cccc2c1OCC(C(=O)N(C)Cc1snnc1C)C2. The molecule has 1 atom stereocenters. The lowest BCUT2D eigenvalue weighted by Gasteiger charge is -2.28. The summed E-state index contributed by atoms with van der Waals surface area (Å²) in [7, 11) is 3.43. The average Bonchev–Trinajstić information content (AvgIpc) is 2.97. The second kappa shape index (κ2) is 6.54. The molecule has 1 aliphatic rings. The van der Waals surface area contributed by atoms with Gasteiger partial charge in [0.2, 0.25) is 5.91 Å². The lowest BCUT2D eigenvalue weighted by atomic mass is 9.95. The topological polar surface area (TPSA) is 64.6 Å². The Balaban J connectivity index is 1.70. The number of rotatable bonds is 4. The molecule has 0 radical (unpaired) electrons. The molecule has 0 fully saturated rings. The molecule has 1 aliphatic heterocycles. The molecule has 0 N–H and O–H groups in total. The number of methoxy groups -OCH3 is 1. The minimum absolute atomic E-state index is 0.0752. The summed E-state index contributed by atoms with van der Waals surface area (Å²) in [6.45, 7) is 2.81. The molecule has 23 heavy (non-hydrogen) atoms. The van der Waals surface area contributed by atoms with Gasteiger partial charge in [0.15, 0.2) is 11.5 Å². The van der Waals surface area contributed by atoms with Crippen molar-refractivity contribution in [2.24, 2.45) is 5.92 Å². The van der Waals surface area contributed by atoms with Gasteiger partial charge in [0, 0.05) is 7.05 Å². The smallest absolute Gasteiger partial charge is 0.229 e. The van der Waals surface area contributed by atoms with Gasteiger partial charge in [-0.3, -0.25) is 4.79 Å². The number of carbonyl (C=O) groups is 1. The van der Waals surface area contributed by atoms with Crippen LogP contribution in [-0.4, -0.2) is 41.2 Å². The average molecular weight is 333 g/mol. The highest BCUT2D eigenvalue weighted by Crippen LogP contribution is 2.36. The molecular formula is C16H19N3O3S. The molecule has 1 aromatic heterocycles. The summed E-state index contributed by atoms with van der Waals surface area (Å²) in [6.07, 6.45) is 0.662. The highest BCUT2D eigenvalue weighted by molar-refractivity contribution is 7.05. The van der Waals surface area contributed by atoms with Crippen LogP contribution in [0.15, 0.2) is 18.2 Å². The second-order valence-electron chi connectivity index (χ2n) is 5.64. The van der Waals surface area contributed by atoms with Crippen LogP contribution in [0.4, 0.5) is 0 Å². The van der Waals surface area contributed by atoms with E-state index in [4.69, 9.17) is 9.47 Å². The van der Waals surface area contributed by atoms with Gasteiger partial charge < -0.3 is 14.4 Å². The number of carbonyl (C=O) groups excluding carboxylic acids is 1. The van der Waals surface area contributed by atoms with E-state index in [9.17, 15) is 4.79 Å². The van der Waals surface area contributed by atoms with Crippen molar-refractivity contribution < 1.29 is 14.3 Å². The standard InChI is InChI=1S/C16H19N3O3S/c1-10-14(23-18-17-10)8-19(2)16(20)12-7-11-5-4-6-13(21-3)15(11)22-9-12/h4-6,12H,7-9H2,1-3H3. The van der Waals surface area contributed by atoms with Crippen molar-refractivity contribution in [1.29, 1.82) is 0 Å². The van der Waals surface area contributed by atoms with Crippen molar-refractivity contribution >= 4 is 17.4 Å². The summed E-state index contributed by atoms with van der Waals surface area (Å²) < 4.78 is 15.0. The van der Waals surface area contributed by atoms with Crippen LogP contribution < -0.4 is 9.47 Å². The molecule has 122 valence electrons. The summed E-state index contributed by atoms with van der Waals surface area (Å²) in [5, 5.41) is 3.98. The van der Waals surface area contributed by atoms with Crippen molar-refractivity contribution in [3.05, 3.63) is 34.3 Å². The van der Waals surface area contributed by atoms with Crippen molar-refractivity contribution in [2.45, 2.75) is 19.9 Å². The monoisotopic (exact) mass is 333 g/mol. The van der Waals surface area contributed by atoms with E-state index >= 15 is 0 Å². The number of hydrogen-bond donors (Lipinski definition) is 0. The summed E-state index contributed by atoms with van der Waals surface area (Å²) in [4.78, 5) is 15.4. The number of fused-ring (bicyclic) bond motifs is 1. The van der Waals surface area contributed by atoms with Gasteiger partial charge in [-0.25, -0.2) is 0 Å². The van der Waals surface area contributed by atoms with E-state index in [1.807, 2.05) is 32.2 Å². The predicted octanol–water partition coefficient (Wildman–Crippen LogP) is 2.06. The van der Waals surface area contributed by atoms with E-state index in [0.29, 0.717) is 25.3 Å². The van der Waals surface area contributed by atoms with Crippen LogP contribution in [0, 0.1) is 12.8 Å². The van der Waals surface area contributed by atoms with Crippen molar-refractivity contribution in [3.63, 3.8) is 0 Å². The van der Waals surface area contributed by atoms with Crippen LogP contribution in [0.25, 0.3) is 0 Å². The van der Waals surface area contributed by atoms with E-state index in [1.54, 1.807) is 12.0 Å². The van der Waals surface area contributed by atoms with E-state index in [0.717, 1.165) is 21.9 Å². The van der Waals surface area contributed by atoms with E-state index in [1.165, 1.54) is 11.5 Å². The van der Waals surface area contributed by atoms with Gasteiger partial charge in [0.05, 0.1) is 30.1 Å². The third-order valence-corrected chi connectivity index (χ3v) is 4.84. The maximum absolute atomic E-state index is 12.7. The van der Waals surface area contributed by atoms with E-state index in [-0.39, 0.29) is 11.8 Å². The number of aromatic nitrogens is 2. The van der Waals surface area contributed by atoms with Gasteiger partial charge in [-0.15, -0.1) is 5.10 Å².